The lowest BCUT2D eigenvalue weighted by Crippen LogP contribution is -2.29. The zero-order valence-corrected chi connectivity index (χ0v) is 11.1. The maximum Gasteiger partial charge on any atom is 0.351 e. The molecule has 16 heavy (non-hydrogen) atoms. The summed E-state index contributed by atoms with van der Waals surface area (Å²) >= 11 is 3.48. The number of thioether (sulfide) groups is 1. The van der Waals surface area contributed by atoms with E-state index in [1.54, 1.807) is 6.20 Å². The highest BCUT2D eigenvalue weighted by atomic mass is 127. The molecule has 2 heterocycles. The summed E-state index contributed by atoms with van der Waals surface area (Å²) in [6.07, 6.45) is 1.24. The predicted octanol–water partition coefficient (Wildman–Crippen LogP) is 0.0105. The number of aromatic nitrogens is 2. The number of anilines is 1. The summed E-state index contributed by atoms with van der Waals surface area (Å²) in [5, 5.41) is 8.93. The summed E-state index contributed by atoms with van der Waals surface area (Å²) in [4.78, 5) is 15.3. The zero-order valence-electron chi connectivity index (χ0n) is 8.17. The van der Waals surface area contributed by atoms with Crippen molar-refractivity contribution in [1.29, 1.82) is 0 Å². The van der Waals surface area contributed by atoms with E-state index in [9.17, 15) is 4.79 Å². The average Bonchev–Trinajstić information content (AvgIpc) is 2.71. The SMILES string of the molecule is Nc1nc(=O)n([C@@H]2CS[C@H](CO)O2)cc1I. The van der Waals surface area contributed by atoms with E-state index < -0.39 is 5.69 Å². The monoisotopic (exact) mass is 355 g/mol. The third-order valence-electron chi connectivity index (χ3n) is 2.13. The highest BCUT2D eigenvalue weighted by molar-refractivity contribution is 14.1. The minimum Gasteiger partial charge on any atom is -0.393 e. The minimum atomic E-state index is -0.429. The number of nitrogens with zero attached hydrogens (tertiary/aromatic N) is 2. The van der Waals surface area contributed by atoms with Gasteiger partial charge in [-0.05, 0) is 22.6 Å². The first-order chi connectivity index (χ1) is 7.61. The molecule has 0 radical (unpaired) electrons. The smallest absolute Gasteiger partial charge is 0.351 e. The molecule has 2 atom stereocenters. The molecule has 88 valence electrons. The molecule has 0 spiro atoms. The molecule has 0 amide bonds. The fraction of sp³-hybridized carbons (Fsp3) is 0.500. The van der Waals surface area contributed by atoms with Gasteiger partial charge in [-0.15, -0.1) is 11.8 Å². The van der Waals surface area contributed by atoms with Gasteiger partial charge in [0.15, 0.2) is 0 Å². The second-order valence-corrected chi connectivity index (χ2v) is 5.55. The minimum absolute atomic E-state index is 0.0601. The molecule has 0 saturated carbocycles. The first kappa shape index (κ1) is 12.1. The molecular formula is C8H10IN3O3S. The van der Waals surface area contributed by atoms with Crippen molar-refractivity contribution in [2.45, 2.75) is 11.7 Å². The Morgan fingerprint density at radius 3 is 3.19 bits per heavy atom. The molecule has 1 aliphatic heterocycles. The van der Waals surface area contributed by atoms with Crippen molar-refractivity contribution in [3.63, 3.8) is 0 Å². The van der Waals surface area contributed by atoms with E-state index in [0.717, 1.165) is 0 Å². The van der Waals surface area contributed by atoms with Crippen LogP contribution in [0, 0.1) is 3.57 Å². The number of aliphatic hydroxyl groups excluding tert-OH is 1. The maximum atomic E-state index is 11.6. The van der Waals surface area contributed by atoms with E-state index in [4.69, 9.17) is 15.6 Å². The Hall–Kier alpha value is -0.320. The van der Waals surface area contributed by atoms with Gasteiger partial charge in [-0.3, -0.25) is 4.57 Å². The van der Waals surface area contributed by atoms with Gasteiger partial charge < -0.3 is 15.6 Å². The number of aliphatic hydroxyl groups is 1. The molecule has 0 unspecified atom stereocenters. The highest BCUT2D eigenvalue weighted by Crippen LogP contribution is 2.30. The van der Waals surface area contributed by atoms with Crippen LogP contribution < -0.4 is 11.4 Å². The van der Waals surface area contributed by atoms with Gasteiger partial charge in [0, 0.05) is 11.9 Å². The van der Waals surface area contributed by atoms with Gasteiger partial charge in [0.2, 0.25) is 0 Å². The van der Waals surface area contributed by atoms with Crippen LogP contribution in [-0.2, 0) is 4.74 Å². The standard InChI is InChI=1S/C8H10IN3O3S/c9-4-1-12(8(14)11-7(4)10)5-3-16-6(2-13)15-5/h1,5-6,13H,2-3H2,(H2,10,11,14)/t5-,6+/m0/s1. The molecule has 3 N–H and O–H groups in total. The molecule has 6 nitrogen and oxygen atoms in total. The van der Waals surface area contributed by atoms with Gasteiger partial charge in [-0.2, -0.15) is 4.98 Å². The molecule has 0 aliphatic carbocycles. The summed E-state index contributed by atoms with van der Waals surface area (Å²) in [6, 6.07) is 0. The summed E-state index contributed by atoms with van der Waals surface area (Å²) in [5.41, 5.74) is 4.82. The van der Waals surface area contributed by atoms with Crippen LogP contribution in [0.3, 0.4) is 0 Å². The molecule has 1 saturated heterocycles. The molecule has 0 bridgehead atoms. The van der Waals surface area contributed by atoms with E-state index in [0.29, 0.717) is 9.32 Å². The summed E-state index contributed by atoms with van der Waals surface area (Å²) in [5.74, 6) is 0.846. The van der Waals surface area contributed by atoms with Crippen molar-refractivity contribution in [1.82, 2.24) is 9.55 Å². The quantitative estimate of drug-likeness (QED) is 0.727. The fourth-order valence-corrected chi connectivity index (χ4v) is 2.70. The first-order valence-electron chi connectivity index (χ1n) is 4.54. The number of nitrogen functional groups attached to an aromatic ring is 1. The Morgan fingerprint density at radius 2 is 2.56 bits per heavy atom. The molecule has 0 aromatic carbocycles. The van der Waals surface area contributed by atoms with Crippen molar-refractivity contribution >= 4 is 40.2 Å². The summed E-state index contributed by atoms with van der Waals surface area (Å²) in [6.45, 7) is -0.0601. The van der Waals surface area contributed by atoms with Gasteiger partial charge in [0.25, 0.3) is 0 Å². The third kappa shape index (κ3) is 2.34. The Bertz CT molecular complexity index is 453. The molecule has 1 aliphatic rings. The normalized spacial score (nSPS) is 24.9. The number of ether oxygens (including phenoxy) is 1. The van der Waals surface area contributed by atoms with E-state index in [1.807, 2.05) is 22.6 Å². The van der Waals surface area contributed by atoms with Crippen molar-refractivity contribution < 1.29 is 9.84 Å². The zero-order chi connectivity index (χ0) is 11.7. The number of halogens is 1. The van der Waals surface area contributed by atoms with Gasteiger partial charge in [0.05, 0.1) is 10.2 Å². The van der Waals surface area contributed by atoms with Crippen LogP contribution >= 0.6 is 34.4 Å². The Labute approximate surface area is 109 Å². The lowest BCUT2D eigenvalue weighted by atomic mass is 10.5. The van der Waals surface area contributed by atoms with E-state index >= 15 is 0 Å². The van der Waals surface area contributed by atoms with Gasteiger partial charge in [-0.1, -0.05) is 0 Å². The third-order valence-corrected chi connectivity index (χ3v) is 4.07. The molecule has 1 fully saturated rings. The molecular weight excluding hydrogens is 345 g/mol. The Kier molecular flexibility index (Phi) is 3.72. The van der Waals surface area contributed by atoms with Crippen LogP contribution in [0.4, 0.5) is 5.82 Å². The van der Waals surface area contributed by atoms with E-state index in [2.05, 4.69) is 4.98 Å². The topological polar surface area (TPSA) is 90.4 Å². The van der Waals surface area contributed by atoms with Gasteiger partial charge in [0.1, 0.15) is 17.5 Å². The second kappa shape index (κ2) is 4.90. The van der Waals surface area contributed by atoms with Crippen LogP contribution in [0.1, 0.15) is 6.23 Å². The molecule has 1 aromatic rings. The van der Waals surface area contributed by atoms with Gasteiger partial charge in [-0.25, -0.2) is 4.79 Å². The Morgan fingerprint density at radius 1 is 1.81 bits per heavy atom. The van der Waals surface area contributed by atoms with Crippen molar-refractivity contribution in [3.05, 3.63) is 20.3 Å². The van der Waals surface area contributed by atoms with Crippen molar-refractivity contribution in [2.75, 3.05) is 18.1 Å². The van der Waals surface area contributed by atoms with E-state index in [1.165, 1.54) is 16.3 Å². The van der Waals surface area contributed by atoms with Gasteiger partial charge >= 0.3 is 5.69 Å². The molecule has 8 heteroatoms. The lowest BCUT2D eigenvalue weighted by molar-refractivity contribution is -0.00640. The lowest BCUT2D eigenvalue weighted by Gasteiger charge is -2.14. The van der Waals surface area contributed by atoms with Crippen LogP contribution in [0.15, 0.2) is 11.0 Å². The van der Waals surface area contributed by atoms with Crippen LogP contribution in [0.2, 0.25) is 0 Å². The fourth-order valence-electron chi connectivity index (χ4n) is 1.35. The van der Waals surface area contributed by atoms with Crippen molar-refractivity contribution in [2.24, 2.45) is 0 Å². The molecule has 1 aromatic heterocycles. The van der Waals surface area contributed by atoms with Crippen LogP contribution in [-0.4, -0.2) is 32.5 Å². The number of hydrogen-bond acceptors (Lipinski definition) is 6. The molecule has 2 rings (SSSR count). The van der Waals surface area contributed by atoms with E-state index in [-0.39, 0.29) is 24.1 Å². The second-order valence-electron chi connectivity index (χ2n) is 3.20. The largest absolute Gasteiger partial charge is 0.393 e. The number of rotatable bonds is 2. The Balaban J connectivity index is 2.28. The number of nitrogens with two attached hydrogens (primary N) is 1. The maximum absolute atomic E-state index is 11.6. The summed E-state index contributed by atoms with van der Waals surface area (Å²) < 4.78 is 7.57. The number of hydrogen-bond donors (Lipinski definition) is 2. The highest BCUT2D eigenvalue weighted by Gasteiger charge is 2.27. The van der Waals surface area contributed by atoms with Crippen LogP contribution in [0.25, 0.3) is 0 Å². The summed E-state index contributed by atoms with van der Waals surface area (Å²) in [7, 11) is 0. The first-order valence-corrected chi connectivity index (χ1v) is 6.66. The average molecular weight is 355 g/mol. The van der Waals surface area contributed by atoms with Crippen LogP contribution in [0.5, 0.6) is 0 Å². The van der Waals surface area contributed by atoms with Crippen molar-refractivity contribution in [3.8, 4) is 0 Å². The predicted molar refractivity (Wildman–Crippen MR) is 69.1 cm³/mol.